The molecule has 0 saturated heterocycles. The number of anilines is 1. The summed E-state index contributed by atoms with van der Waals surface area (Å²) in [4.78, 5) is 12.8. The molecule has 0 atom stereocenters. The first-order chi connectivity index (χ1) is 15.2. The van der Waals surface area contributed by atoms with Gasteiger partial charge in [0.05, 0.1) is 25.3 Å². The van der Waals surface area contributed by atoms with Crippen LogP contribution in [0, 0.1) is 0 Å². The molecule has 1 amide bonds. The Bertz CT molecular complexity index is 1190. The molecule has 8 nitrogen and oxygen atoms in total. The highest BCUT2D eigenvalue weighted by Crippen LogP contribution is 2.33. The minimum absolute atomic E-state index is 0.0487. The van der Waals surface area contributed by atoms with Gasteiger partial charge in [-0.1, -0.05) is 35.4 Å². The first-order valence-electron chi connectivity index (χ1n) is 9.37. The maximum Gasteiger partial charge on any atom is 0.322 e. The molecule has 0 unspecified atom stereocenters. The first kappa shape index (κ1) is 20.0. The zero-order chi connectivity index (χ0) is 21.6. The normalized spacial score (nSPS) is 10.4. The van der Waals surface area contributed by atoms with Crippen LogP contribution in [0.1, 0.15) is 10.4 Å². The average Bonchev–Trinajstić information content (AvgIpc) is 3.27. The van der Waals surface area contributed by atoms with Crippen LogP contribution in [-0.4, -0.2) is 30.3 Å². The Kier molecular flexibility index (Phi) is 5.79. The molecule has 0 aliphatic heterocycles. The Morgan fingerprint density at radius 1 is 0.839 bits per heavy atom. The maximum atomic E-state index is 12.8. The number of methoxy groups -OCH3 is 2. The lowest BCUT2D eigenvalue weighted by molar-refractivity contribution is 0.102. The van der Waals surface area contributed by atoms with Crippen molar-refractivity contribution in [2.45, 2.75) is 0 Å². The van der Waals surface area contributed by atoms with Gasteiger partial charge in [0.2, 0.25) is 0 Å². The molecule has 4 aromatic rings. The molecule has 31 heavy (non-hydrogen) atoms. The van der Waals surface area contributed by atoms with Gasteiger partial charge in [0.1, 0.15) is 23.0 Å². The minimum atomic E-state index is -0.441. The Hall–Kier alpha value is -4.33. The maximum absolute atomic E-state index is 12.8. The second-order valence-electron chi connectivity index (χ2n) is 6.34. The number of hydrogen-bond donors (Lipinski definition) is 1. The smallest absolute Gasteiger partial charge is 0.322 e. The van der Waals surface area contributed by atoms with Crippen molar-refractivity contribution in [3.63, 3.8) is 0 Å². The summed E-state index contributed by atoms with van der Waals surface area (Å²) in [5, 5.41) is 10.5. The molecule has 3 aromatic carbocycles. The predicted octanol–water partition coefficient (Wildman–Crippen LogP) is 4.80. The number of carbonyl (C=O) groups is 1. The van der Waals surface area contributed by atoms with Crippen LogP contribution in [0.2, 0.25) is 0 Å². The number of nitrogens with one attached hydrogen (secondary N) is 1. The van der Waals surface area contributed by atoms with Gasteiger partial charge < -0.3 is 18.6 Å². The van der Waals surface area contributed by atoms with Crippen LogP contribution >= 0.6 is 0 Å². The van der Waals surface area contributed by atoms with Crippen LogP contribution in [0.5, 0.6) is 23.0 Å². The number of amides is 1. The third kappa shape index (κ3) is 4.48. The van der Waals surface area contributed by atoms with Gasteiger partial charge in [-0.2, -0.15) is 0 Å². The van der Waals surface area contributed by atoms with E-state index in [1.165, 1.54) is 7.11 Å². The van der Waals surface area contributed by atoms with Crippen LogP contribution in [0.15, 0.2) is 77.2 Å². The van der Waals surface area contributed by atoms with E-state index in [-0.39, 0.29) is 11.9 Å². The highest BCUT2D eigenvalue weighted by Gasteiger charge is 2.18. The molecule has 4 rings (SSSR count). The zero-order valence-electron chi connectivity index (χ0n) is 16.9. The summed E-state index contributed by atoms with van der Waals surface area (Å²) in [5.41, 5.74) is 0.900. The SMILES string of the molecule is COc1ccc(-c2nnc(NC(=O)c3ccccc3Oc3ccccc3)o2)c(OC)c1. The van der Waals surface area contributed by atoms with Gasteiger partial charge in [-0.25, -0.2) is 0 Å². The van der Waals surface area contributed by atoms with Crippen LogP contribution in [-0.2, 0) is 0 Å². The Balaban J connectivity index is 1.54. The van der Waals surface area contributed by atoms with Crippen LogP contribution < -0.4 is 19.5 Å². The van der Waals surface area contributed by atoms with E-state index in [0.717, 1.165) is 0 Å². The molecular weight excluding hydrogens is 398 g/mol. The van der Waals surface area contributed by atoms with Gasteiger partial charge in [-0.15, -0.1) is 5.10 Å². The van der Waals surface area contributed by atoms with Crippen molar-refractivity contribution >= 4 is 11.9 Å². The Morgan fingerprint density at radius 2 is 1.61 bits per heavy atom. The molecule has 1 heterocycles. The average molecular weight is 417 g/mol. The van der Waals surface area contributed by atoms with E-state index in [2.05, 4.69) is 15.5 Å². The van der Waals surface area contributed by atoms with Gasteiger partial charge in [-0.3, -0.25) is 10.1 Å². The van der Waals surface area contributed by atoms with Crippen LogP contribution in [0.25, 0.3) is 11.5 Å². The van der Waals surface area contributed by atoms with E-state index in [1.54, 1.807) is 61.7 Å². The number of para-hydroxylation sites is 2. The summed E-state index contributed by atoms with van der Waals surface area (Å²) in [7, 11) is 3.09. The molecule has 0 radical (unpaired) electrons. The monoisotopic (exact) mass is 417 g/mol. The molecule has 0 saturated carbocycles. The van der Waals surface area contributed by atoms with Crippen molar-refractivity contribution in [2.24, 2.45) is 0 Å². The predicted molar refractivity (Wildman–Crippen MR) is 114 cm³/mol. The lowest BCUT2D eigenvalue weighted by atomic mass is 10.2. The zero-order valence-corrected chi connectivity index (χ0v) is 16.9. The third-order valence-corrected chi connectivity index (χ3v) is 4.39. The molecule has 0 aliphatic rings. The number of benzene rings is 3. The summed E-state index contributed by atoms with van der Waals surface area (Å²) in [5.74, 6) is 1.91. The number of aromatic nitrogens is 2. The molecule has 0 fully saturated rings. The fourth-order valence-corrected chi connectivity index (χ4v) is 2.88. The number of nitrogens with zero attached hydrogens (tertiary/aromatic N) is 2. The van der Waals surface area contributed by atoms with Crippen LogP contribution in [0.4, 0.5) is 6.01 Å². The highest BCUT2D eigenvalue weighted by molar-refractivity contribution is 6.05. The lowest BCUT2D eigenvalue weighted by Crippen LogP contribution is -2.13. The molecule has 0 bridgehead atoms. The quantitative estimate of drug-likeness (QED) is 0.461. The largest absolute Gasteiger partial charge is 0.497 e. The number of rotatable bonds is 7. The van der Waals surface area contributed by atoms with E-state index in [1.807, 2.05) is 18.2 Å². The molecular formula is C23H19N3O5. The second kappa shape index (κ2) is 9.00. The topological polar surface area (TPSA) is 95.7 Å². The van der Waals surface area contributed by atoms with E-state index < -0.39 is 5.91 Å². The molecule has 8 heteroatoms. The summed E-state index contributed by atoms with van der Waals surface area (Å²) in [6, 6.07) is 21.2. The van der Waals surface area contributed by atoms with E-state index in [0.29, 0.717) is 34.1 Å². The van der Waals surface area contributed by atoms with Crippen LogP contribution in [0.3, 0.4) is 0 Å². The molecule has 1 aromatic heterocycles. The van der Waals surface area contributed by atoms with Gasteiger partial charge in [0.25, 0.3) is 11.8 Å². The fraction of sp³-hybridized carbons (Fsp3) is 0.0870. The number of carbonyl (C=O) groups excluding carboxylic acids is 1. The van der Waals surface area contributed by atoms with E-state index >= 15 is 0 Å². The van der Waals surface area contributed by atoms with Gasteiger partial charge in [0.15, 0.2) is 0 Å². The fourth-order valence-electron chi connectivity index (χ4n) is 2.88. The first-order valence-corrected chi connectivity index (χ1v) is 9.37. The van der Waals surface area contributed by atoms with E-state index in [4.69, 9.17) is 18.6 Å². The Morgan fingerprint density at radius 3 is 2.39 bits per heavy atom. The van der Waals surface area contributed by atoms with Gasteiger partial charge in [0, 0.05) is 6.07 Å². The summed E-state index contributed by atoms with van der Waals surface area (Å²) < 4.78 is 22.0. The van der Waals surface area contributed by atoms with Crippen molar-refractivity contribution in [3.8, 4) is 34.5 Å². The second-order valence-corrected chi connectivity index (χ2v) is 6.34. The molecule has 0 spiro atoms. The van der Waals surface area contributed by atoms with Crippen molar-refractivity contribution in [2.75, 3.05) is 19.5 Å². The van der Waals surface area contributed by atoms with E-state index in [9.17, 15) is 4.79 Å². The Labute approximate surface area is 178 Å². The molecule has 156 valence electrons. The van der Waals surface area contributed by atoms with Crippen molar-refractivity contribution in [1.82, 2.24) is 10.2 Å². The highest BCUT2D eigenvalue weighted by atomic mass is 16.5. The minimum Gasteiger partial charge on any atom is -0.497 e. The van der Waals surface area contributed by atoms with Crippen molar-refractivity contribution in [1.29, 1.82) is 0 Å². The van der Waals surface area contributed by atoms with Gasteiger partial charge >= 0.3 is 6.01 Å². The number of ether oxygens (including phenoxy) is 3. The van der Waals surface area contributed by atoms with Crippen molar-refractivity contribution in [3.05, 3.63) is 78.4 Å². The molecule has 0 aliphatic carbocycles. The summed E-state index contributed by atoms with van der Waals surface area (Å²) in [6.07, 6.45) is 0. The number of hydrogen-bond acceptors (Lipinski definition) is 7. The third-order valence-electron chi connectivity index (χ3n) is 4.39. The molecule has 1 N–H and O–H groups in total. The summed E-state index contributed by atoms with van der Waals surface area (Å²) >= 11 is 0. The van der Waals surface area contributed by atoms with Gasteiger partial charge in [-0.05, 0) is 36.4 Å². The lowest BCUT2D eigenvalue weighted by Gasteiger charge is -2.10. The summed E-state index contributed by atoms with van der Waals surface area (Å²) in [6.45, 7) is 0. The van der Waals surface area contributed by atoms with Crippen molar-refractivity contribution < 1.29 is 23.4 Å². The standard InChI is InChI=1S/C23H19N3O5/c1-28-16-12-13-18(20(14-16)29-2)22-25-26-23(31-22)24-21(27)17-10-6-7-11-19(17)30-15-8-4-3-5-9-15/h3-14H,1-2H3,(H,24,26,27).